The first kappa shape index (κ1) is 13.0. The van der Waals surface area contributed by atoms with E-state index in [9.17, 15) is 9.59 Å². The van der Waals surface area contributed by atoms with Crippen molar-refractivity contribution in [2.45, 2.75) is 25.3 Å². The van der Waals surface area contributed by atoms with Crippen molar-refractivity contribution in [3.63, 3.8) is 0 Å². The van der Waals surface area contributed by atoms with Crippen LogP contribution in [0.3, 0.4) is 0 Å². The summed E-state index contributed by atoms with van der Waals surface area (Å²) < 4.78 is 0.635. The summed E-state index contributed by atoms with van der Waals surface area (Å²) in [6.07, 6.45) is 4.73. The lowest BCUT2D eigenvalue weighted by Crippen LogP contribution is -2.37. The van der Waals surface area contributed by atoms with E-state index in [1.54, 1.807) is 23.4 Å². The topological polar surface area (TPSA) is 70.5 Å². The highest BCUT2D eigenvalue weighted by molar-refractivity contribution is 9.10. The van der Waals surface area contributed by atoms with Crippen LogP contribution in [0, 0.1) is 0 Å². The minimum absolute atomic E-state index is 0.00838. The number of halogens is 1. The molecule has 0 radical (unpaired) electrons. The number of hydrogen-bond donors (Lipinski definition) is 1. The Morgan fingerprint density at radius 3 is 3.00 bits per heavy atom. The molecular weight excluding hydrogens is 300 g/mol. The fourth-order valence-corrected chi connectivity index (χ4v) is 2.64. The predicted octanol–water partition coefficient (Wildman–Crippen LogP) is 1.92. The van der Waals surface area contributed by atoms with Crippen molar-refractivity contribution in [3.8, 4) is 0 Å². The number of aromatic nitrogens is 1. The van der Waals surface area contributed by atoms with Crippen LogP contribution in [-0.2, 0) is 4.79 Å². The van der Waals surface area contributed by atoms with Crippen LogP contribution >= 0.6 is 15.9 Å². The predicted molar refractivity (Wildman–Crippen MR) is 68.2 cm³/mol. The normalized spacial score (nSPS) is 18.9. The molecule has 1 saturated heterocycles. The highest BCUT2D eigenvalue weighted by Gasteiger charge is 2.31. The summed E-state index contributed by atoms with van der Waals surface area (Å²) in [4.78, 5) is 28.7. The second-order valence-corrected chi connectivity index (χ2v) is 5.10. The molecule has 1 N–H and O–H groups in total. The quantitative estimate of drug-likeness (QED) is 0.925. The first-order valence-electron chi connectivity index (χ1n) is 5.72. The Kier molecular flexibility index (Phi) is 3.96. The van der Waals surface area contributed by atoms with Crippen LogP contribution in [0.25, 0.3) is 0 Å². The van der Waals surface area contributed by atoms with Gasteiger partial charge in [0.15, 0.2) is 0 Å². The van der Waals surface area contributed by atoms with Gasteiger partial charge < -0.3 is 10.0 Å². The molecule has 0 aliphatic carbocycles. The van der Waals surface area contributed by atoms with Crippen LogP contribution in [0.1, 0.15) is 29.6 Å². The molecule has 96 valence electrons. The Balaban J connectivity index is 2.18. The van der Waals surface area contributed by atoms with E-state index >= 15 is 0 Å². The van der Waals surface area contributed by atoms with Gasteiger partial charge in [-0.1, -0.05) is 0 Å². The number of aliphatic carboxylic acids is 1. The van der Waals surface area contributed by atoms with E-state index in [0.29, 0.717) is 16.6 Å². The van der Waals surface area contributed by atoms with Crippen molar-refractivity contribution in [2.24, 2.45) is 0 Å². The average molecular weight is 313 g/mol. The van der Waals surface area contributed by atoms with Crippen LogP contribution in [0.5, 0.6) is 0 Å². The number of carbonyl (C=O) groups excluding carboxylic acids is 1. The van der Waals surface area contributed by atoms with Crippen LogP contribution < -0.4 is 0 Å². The van der Waals surface area contributed by atoms with E-state index in [-0.39, 0.29) is 18.4 Å². The summed E-state index contributed by atoms with van der Waals surface area (Å²) in [6, 6.07) is 1.44. The number of nitrogens with zero attached hydrogens (tertiary/aromatic N) is 2. The summed E-state index contributed by atoms with van der Waals surface area (Å²) in [5.74, 6) is -0.999. The third-order valence-corrected chi connectivity index (χ3v) is 3.68. The Hall–Kier alpha value is -1.43. The van der Waals surface area contributed by atoms with E-state index in [0.717, 1.165) is 12.8 Å². The molecule has 1 atom stereocenters. The molecular formula is C12H13BrN2O3. The second-order valence-electron chi connectivity index (χ2n) is 4.25. The van der Waals surface area contributed by atoms with Crippen molar-refractivity contribution in [3.05, 3.63) is 28.5 Å². The minimum atomic E-state index is -0.867. The SMILES string of the molecule is O=C(O)CC1CCCN1C(=O)c1ccncc1Br. The molecule has 5 nitrogen and oxygen atoms in total. The summed E-state index contributed by atoms with van der Waals surface area (Å²) in [5, 5.41) is 8.84. The zero-order valence-corrected chi connectivity index (χ0v) is 11.3. The lowest BCUT2D eigenvalue weighted by atomic mass is 10.1. The minimum Gasteiger partial charge on any atom is -0.481 e. The Bertz CT molecular complexity index is 478. The van der Waals surface area contributed by atoms with Gasteiger partial charge in [-0.15, -0.1) is 0 Å². The molecule has 1 aromatic rings. The number of carboxylic acids is 1. The van der Waals surface area contributed by atoms with E-state index in [4.69, 9.17) is 5.11 Å². The standard InChI is InChI=1S/C12H13BrN2O3/c13-10-7-14-4-3-9(10)12(18)15-5-1-2-8(15)6-11(16)17/h3-4,7-8H,1-2,5-6H2,(H,16,17). The van der Waals surface area contributed by atoms with Gasteiger partial charge in [0.05, 0.1) is 12.0 Å². The molecule has 18 heavy (non-hydrogen) atoms. The van der Waals surface area contributed by atoms with Crippen LogP contribution in [0.4, 0.5) is 0 Å². The van der Waals surface area contributed by atoms with Gasteiger partial charge in [0, 0.05) is 29.5 Å². The summed E-state index contributed by atoms with van der Waals surface area (Å²) in [6.45, 7) is 0.617. The van der Waals surface area contributed by atoms with Crippen LogP contribution in [0.15, 0.2) is 22.9 Å². The van der Waals surface area contributed by atoms with Gasteiger partial charge in [-0.3, -0.25) is 14.6 Å². The van der Waals surface area contributed by atoms with Crippen molar-refractivity contribution >= 4 is 27.8 Å². The lowest BCUT2D eigenvalue weighted by molar-refractivity contribution is -0.137. The molecule has 2 heterocycles. The third kappa shape index (κ3) is 2.69. The lowest BCUT2D eigenvalue weighted by Gasteiger charge is -2.23. The zero-order chi connectivity index (χ0) is 13.1. The summed E-state index contributed by atoms with van der Waals surface area (Å²) in [7, 11) is 0. The Labute approximate surface area is 113 Å². The maximum Gasteiger partial charge on any atom is 0.305 e. The molecule has 2 rings (SSSR count). The number of pyridine rings is 1. The molecule has 1 aliphatic heterocycles. The number of hydrogen-bond acceptors (Lipinski definition) is 3. The molecule has 1 aliphatic rings. The molecule has 0 aromatic carbocycles. The van der Waals surface area contributed by atoms with Crippen molar-refractivity contribution < 1.29 is 14.7 Å². The number of carboxylic acid groups (broad SMARTS) is 1. The van der Waals surface area contributed by atoms with Gasteiger partial charge in [0.1, 0.15) is 0 Å². The van der Waals surface area contributed by atoms with Gasteiger partial charge in [-0.2, -0.15) is 0 Å². The van der Waals surface area contributed by atoms with Gasteiger partial charge in [0.2, 0.25) is 0 Å². The number of amides is 1. The summed E-state index contributed by atoms with van der Waals surface area (Å²) >= 11 is 3.29. The van der Waals surface area contributed by atoms with E-state index in [1.165, 1.54) is 0 Å². The molecule has 0 bridgehead atoms. The van der Waals surface area contributed by atoms with Crippen molar-refractivity contribution in [1.29, 1.82) is 0 Å². The molecule has 6 heteroatoms. The van der Waals surface area contributed by atoms with Gasteiger partial charge >= 0.3 is 5.97 Å². The van der Waals surface area contributed by atoms with E-state index in [2.05, 4.69) is 20.9 Å². The molecule has 1 amide bonds. The number of likely N-dealkylation sites (tertiary alicyclic amines) is 1. The molecule has 1 aromatic heterocycles. The molecule has 0 spiro atoms. The Morgan fingerprint density at radius 2 is 2.33 bits per heavy atom. The first-order chi connectivity index (χ1) is 8.59. The van der Waals surface area contributed by atoms with Crippen molar-refractivity contribution in [2.75, 3.05) is 6.54 Å². The fraction of sp³-hybridized carbons (Fsp3) is 0.417. The van der Waals surface area contributed by atoms with E-state index in [1.807, 2.05) is 0 Å². The fourth-order valence-electron chi connectivity index (χ4n) is 2.22. The van der Waals surface area contributed by atoms with E-state index < -0.39 is 5.97 Å². The highest BCUT2D eigenvalue weighted by Crippen LogP contribution is 2.25. The van der Waals surface area contributed by atoms with Gasteiger partial charge in [0.25, 0.3) is 5.91 Å². The maximum atomic E-state index is 12.3. The third-order valence-electron chi connectivity index (χ3n) is 3.05. The average Bonchev–Trinajstić information content (AvgIpc) is 2.76. The molecule has 1 unspecified atom stereocenters. The number of carbonyl (C=O) groups is 2. The number of rotatable bonds is 3. The summed E-state index contributed by atoms with van der Waals surface area (Å²) in [5.41, 5.74) is 0.530. The smallest absolute Gasteiger partial charge is 0.305 e. The van der Waals surface area contributed by atoms with Gasteiger partial charge in [-0.25, -0.2) is 0 Å². The molecule has 1 fully saturated rings. The maximum absolute atomic E-state index is 12.3. The van der Waals surface area contributed by atoms with Gasteiger partial charge in [-0.05, 0) is 34.8 Å². The monoisotopic (exact) mass is 312 g/mol. The van der Waals surface area contributed by atoms with Crippen LogP contribution in [-0.4, -0.2) is 39.5 Å². The van der Waals surface area contributed by atoms with Crippen molar-refractivity contribution in [1.82, 2.24) is 9.88 Å². The largest absolute Gasteiger partial charge is 0.481 e. The second kappa shape index (κ2) is 5.48. The highest BCUT2D eigenvalue weighted by atomic mass is 79.9. The zero-order valence-electron chi connectivity index (χ0n) is 9.67. The van der Waals surface area contributed by atoms with Crippen LogP contribution in [0.2, 0.25) is 0 Å². The molecule has 0 saturated carbocycles. The Morgan fingerprint density at radius 1 is 1.56 bits per heavy atom. The first-order valence-corrected chi connectivity index (χ1v) is 6.51.